The Kier molecular flexibility index (Phi) is 5.68. The molecule has 2 aromatic rings. The van der Waals surface area contributed by atoms with E-state index in [0.717, 1.165) is 0 Å². The summed E-state index contributed by atoms with van der Waals surface area (Å²) in [6, 6.07) is 2.58. The van der Waals surface area contributed by atoms with Crippen LogP contribution in [0.3, 0.4) is 0 Å². The highest BCUT2D eigenvalue weighted by Gasteiger charge is 2.37. The van der Waals surface area contributed by atoms with E-state index in [1.54, 1.807) is 22.6 Å². The molecule has 1 aromatic carbocycles. The van der Waals surface area contributed by atoms with Crippen LogP contribution in [-0.4, -0.2) is 4.98 Å². The van der Waals surface area contributed by atoms with Crippen molar-refractivity contribution in [2.75, 3.05) is 0 Å². The zero-order valence-electron chi connectivity index (χ0n) is 10.0. The van der Waals surface area contributed by atoms with Gasteiger partial charge in [0, 0.05) is 11.1 Å². The number of rotatable bonds is 1. The Morgan fingerprint density at radius 3 is 1.73 bits per heavy atom. The molecule has 1 nitrogen and oxygen atoms in total. The molecule has 2 rings (SSSR count). The van der Waals surface area contributed by atoms with Gasteiger partial charge in [0.05, 0.1) is 25.1 Å². The van der Waals surface area contributed by atoms with Crippen LogP contribution in [0.5, 0.6) is 0 Å². The van der Waals surface area contributed by atoms with Gasteiger partial charge in [-0.05, 0) is 34.7 Å². The molecule has 0 aliphatic heterocycles. The van der Waals surface area contributed by atoms with Crippen molar-refractivity contribution in [3.05, 3.63) is 46.6 Å². The Hall–Kier alpha value is 0.340. The second-order valence-electron chi connectivity index (χ2n) is 3.97. The van der Waals surface area contributed by atoms with Gasteiger partial charge in [-0.1, -0.05) is 58.0 Å². The summed E-state index contributed by atoms with van der Waals surface area (Å²) in [5.74, 6) is 0. The zero-order chi connectivity index (χ0) is 16.8. The highest BCUT2D eigenvalue weighted by atomic mass is 127. The summed E-state index contributed by atoms with van der Waals surface area (Å²) >= 11 is 31.3. The molecule has 0 N–H and O–H groups in total. The van der Waals surface area contributed by atoms with Gasteiger partial charge in [-0.25, -0.2) is 4.98 Å². The smallest absolute Gasteiger partial charge is 0.237 e. The monoisotopic (exact) mass is 519 g/mol. The molecule has 1 heterocycles. The average molecular weight is 521 g/mol. The van der Waals surface area contributed by atoms with E-state index in [2.05, 4.69) is 4.98 Å². The van der Waals surface area contributed by atoms with Crippen molar-refractivity contribution in [1.82, 2.24) is 4.98 Å². The van der Waals surface area contributed by atoms with Gasteiger partial charge in [-0.15, -0.1) is 0 Å². The van der Waals surface area contributed by atoms with Crippen molar-refractivity contribution in [2.45, 2.75) is 6.18 Å². The lowest BCUT2D eigenvalue weighted by Gasteiger charge is -2.17. The number of alkyl halides is 3. The molecule has 0 amide bonds. The van der Waals surface area contributed by atoms with E-state index in [4.69, 9.17) is 58.0 Å². The largest absolute Gasteiger partial charge is 0.434 e. The average Bonchev–Trinajstić information content (AvgIpc) is 2.43. The number of aromatic nitrogens is 1. The van der Waals surface area contributed by atoms with E-state index in [-0.39, 0.29) is 39.9 Å². The van der Waals surface area contributed by atoms with E-state index >= 15 is 0 Å². The quantitative estimate of drug-likeness (QED) is 0.163. The summed E-state index contributed by atoms with van der Waals surface area (Å²) in [7, 11) is 0. The lowest BCUT2D eigenvalue weighted by atomic mass is 10.0. The second-order valence-corrected chi connectivity index (χ2v) is 6.97. The topological polar surface area (TPSA) is 12.9 Å². The number of pyridine rings is 1. The molecule has 0 unspecified atom stereocenters. The molecule has 0 saturated carbocycles. The maximum Gasteiger partial charge on any atom is 0.434 e. The summed E-state index contributed by atoms with van der Waals surface area (Å²) in [5.41, 5.74) is -1.64. The third-order valence-electron chi connectivity index (χ3n) is 2.61. The van der Waals surface area contributed by atoms with Gasteiger partial charge in [0.25, 0.3) is 0 Å². The van der Waals surface area contributed by atoms with Crippen LogP contribution in [0.1, 0.15) is 5.69 Å². The number of hydrogen-bond donors (Lipinski definition) is 0. The first-order valence-electron chi connectivity index (χ1n) is 5.31. The SMILES string of the molecule is FC(F)(F)c1nc(I)ccc1-c1c(Cl)c(Cl)c(Cl)c(Cl)c1Cl. The summed E-state index contributed by atoms with van der Waals surface area (Å²) < 4.78 is 39.8. The van der Waals surface area contributed by atoms with Crippen molar-refractivity contribution in [3.63, 3.8) is 0 Å². The van der Waals surface area contributed by atoms with Gasteiger partial charge < -0.3 is 0 Å². The van der Waals surface area contributed by atoms with Crippen LogP contribution < -0.4 is 0 Å². The van der Waals surface area contributed by atoms with Crippen LogP contribution in [0.15, 0.2) is 12.1 Å². The molecule has 0 saturated heterocycles. The van der Waals surface area contributed by atoms with E-state index in [0.29, 0.717) is 0 Å². The van der Waals surface area contributed by atoms with Gasteiger partial charge in [0.2, 0.25) is 0 Å². The Morgan fingerprint density at radius 2 is 1.27 bits per heavy atom. The van der Waals surface area contributed by atoms with Gasteiger partial charge in [-0.2, -0.15) is 13.2 Å². The molecule has 0 fully saturated rings. The minimum atomic E-state index is -4.71. The van der Waals surface area contributed by atoms with Crippen molar-refractivity contribution in [3.8, 4) is 11.1 Å². The highest BCUT2D eigenvalue weighted by molar-refractivity contribution is 14.1. The summed E-state index contributed by atoms with van der Waals surface area (Å²) in [6.07, 6.45) is -4.71. The Labute approximate surface area is 161 Å². The first kappa shape index (κ1) is 18.7. The molecule has 0 bridgehead atoms. The predicted octanol–water partition coefficient (Wildman–Crippen LogP) is 7.64. The zero-order valence-corrected chi connectivity index (χ0v) is 15.9. The van der Waals surface area contributed by atoms with Gasteiger partial charge in [-0.3, -0.25) is 0 Å². The van der Waals surface area contributed by atoms with Crippen LogP contribution in [0.4, 0.5) is 13.2 Å². The minimum Gasteiger partial charge on any atom is -0.237 e. The number of benzene rings is 1. The Balaban J connectivity index is 2.90. The van der Waals surface area contributed by atoms with Crippen LogP contribution in [-0.2, 0) is 6.18 Å². The molecular formula is C12H2Cl5F3IN. The maximum atomic E-state index is 13.2. The Bertz CT molecular complexity index is 734. The van der Waals surface area contributed by atoms with Crippen LogP contribution in [0.25, 0.3) is 11.1 Å². The van der Waals surface area contributed by atoms with E-state index < -0.39 is 11.9 Å². The molecule has 22 heavy (non-hydrogen) atoms. The minimum absolute atomic E-state index is 0.130. The van der Waals surface area contributed by atoms with Gasteiger partial charge in [0.15, 0.2) is 5.69 Å². The van der Waals surface area contributed by atoms with Crippen molar-refractivity contribution < 1.29 is 13.2 Å². The molecular weight excluding hydrogens is 519 g/mol. The van der Waals surface area contributed by atoms with Crippen molar-refractivity contribution >= 4 is 80.6 Å². The first-order valence-corrected chi connectivity index (χ1v) is 8.28. The number of nitrogens with zero attached hydrogens (tertiary/aromatic N) is 1. The lowest BCUT2D eigenvalue weighted by Crippen LogP contribution is -2.11. The predicted molar refractivity (Wildman–Crippen MR) is 92.4 cm³/mol. The maximum absolute atomic E-state index is 13.2. The second kappa shape index (κ2) is 6.69. The van der Waals surface area contributed by atoms with E-state index in [1.165, 1.54) is 12.1 Å². The third kappa shape index (κ3) is 3.39. The van der Waals surface area contributed by atoms with Crippen LogP contribution in [0.2, 0.25) is 25.1 Å². The Morgan fingerprint density at radius 1 is 0.818 bits per heavy atom. The summed E-state index contributed by atoms with van der Waals surface area (Å²) in [5, 5.41) is -0.947. The van der Waals surface area contributed by atoms with Gasteiger partial charge in [0.1, 0.15) is 3.70 Å². The van der Waals surface area contributed by atoms with E-state index in [9.17, 15) is 13.2 Å². The summed E-state index contributed by atoms with van der Waals surface area (Å²) in [4.78, 5) is 3.51. The fourth-order valence-corrected chi connectivity index (χ4v) is 3.46. The summed E-state index contributed by atoms with van der Waals surface area (Å²) in [6.45, 7) is 0. The van der Waals surface area contributed by atoms with Gasteiger partial charge >= 0.3 is 6.18 Å². The standard InChI is InChI=1S/C12H2Cl5F3IN/c13-6-5(7(14)9(16)10(17)8(6)15)3-1-2-4(21)22-11(3)12(18,19)20/h1-2H. The normalized spacial score (nSPS) is 11.9. The van der Waals surface area contributed by atoms with Crippen LogP contribution in [0, 0.1) is 3.70 Å². The molecule has 0 radical (unpaired) electrons. The highest BCUT2D eigenvalue weighted by Crippen LogP contribution is 2.50. The van der Waals surface area contributed by atoms with Crippen molar-refractivity contribution in [1.29, 1.82) is 0 Å². The molecule has 118 valence electrons. The number of halogens is 9. The van der Waals surface area contributed by atoms with Crippen LogP contribution >= 0.6 is 80.6 Å². The molecule has 1 aromatic heterocycles. The molecule has 10 heteroatoms. The van der Waals surface area contributed by atoms with E-state index in [1.807, 2.05) is 0 Å². The molecule has 0 atom stereocenters. The molecule has 0 aliphatic rings. The third-order valence-corrected chi connectivity index (χ3v) is 5.49. The first-order chi connectivity index (χ1) is 10.1. The fraction of sp³-hybridized carbons (Fsp3) is 0.0833. The lowest BCUT2D eigenvalue weighted by molar-refractivity contribution is -0.140. The fourth-order valence-electron chi connectivity index (χ4n) is 1.69. The van der Waals surface area contributed by atoms with Crippen molar-refractivity contribution in [2.24, 2.45) is 0 Å². The molecule has 0 aliphatic carbocycles. The number of hydrogen-bond acceptors (Lipinski definition) is 1. The molecule has 0 spiro atoms.